The first-order valence-corrected chi connectivity index (χ1v) is 5.63. The summed E-state index contributed by atoms with van der Waals surface area (Å²) < 4.78 is 0. The van der Waals surface area contributed by atoms with Crippen LogP contribution in [0.25, 0.3) is 0 Å². The van der Waals surface area contributed by atoms with Crippen molar-refractivity contribution in [2.24, 2.45) is 5.41 Å². The molecule has 82 valence electrons. The van der Waals surface area contributed by atoms with Gasteiger partial charge in [-0.1, -0.05) is 50.6 Å². The van der Waals surface area contributed by atoms with E-state index in [1.807, 2.05) is 52.0 Å². The molecule has 15 heavy (non-hydrogen) atoms. The van der Waals surface area contributed by atoms with Gasteiger partial charge < -0.3 is 0 Å². The average Bonchev–Trinajstić information content (AvgIpc) is 2.15. The lowest BCUT2D eigenvalue weighted by Crippen LogP contribution is -2.29. The van der Waals surface area contributed by atoms with Gasteiger partial charge in [0.1, 0.15) is 0 Å². The summed E-state index contributed by atoms with van der Waals surface area (Å²) in [7, 11) is 0. The highest BCUT2D eigenvalue weighted by Crippen LogP contribution is 2.27. The van der Waals surface area contributed by atoms with E-state index in [1.165, 1.54) is 0 Å². The van der Waals surface area contributed by atoms with Crippen LogP contribution in [0, 0.1) is 12.3 Å². The van der Waals surface area contributed by atoms with Crippen LogP contribution in [0.15, 0.2) is 24.3 Å². The zero-order valence-electron chi connectivity index (χ0n) is 9.74. The van der Waals surface area contributed by atoms with E-state index in [1.54, 1.807) is 0 Å². The third kappa shape index (κ3) is 3.10. The number of benzene rings is 1. The van der Waals surface area contributed by atoms with E-state index in [9.17, 15) is 4.79 Å². The summed E-state index contributed by atoms with van der Waals surface area (Å²) in [6.07, 6.45) is 0. The van der Waals surface area contributed by atoms with Crippen molar-refractivity contribution in [1.29, 1.82) is 0 Å². The first-order chi connectivity index (χ1) is 6.82. The number of Topliss-reactive ketones (excluding diaryl/α,β-unsaturated/α-hetero) is 1. The van der Waals surface area contributed by atoms with Crippen molar-refractivity contribution >= 4 is 18.4 Å². The zero-order valence-corrected chi connectivity index (χ0v) is 10.6. The first kappa shape index (κ1) is 12.3. The molecular weight excluding hydrogens is 204 g/mol. The van der Waals surface area contributed by atoms with E-state index >= 15 is 0 Å². The van der Waals surface area contributed by atoms with Crippen molar-refractivity contribution in [2.75, 3.05) is 0 Å². The van der Waals surface area contributed by atoms with Crippen molar-refractivity contribution in [3.63, 3.8) is 0 Å². The van der Waals surface area contributed by atoms with Gasteiger partial charge in [-0.25, -0.2) is 0 Å². The Balaban J connectivity index is 2.90. The molecule has 0 fully saturated rings. The van der Waals surface area contributed by atoms with Crippen molar-refractivity contribution in [2.45, 2.75) is 32.9 Å². The SMILES string of the molecule is Cc1ccc(C(=O)C(S)C(C)(C)C)cc1. The molecule has 0 radical (unpaired) electrons. The highest BCUT2D eigenvalue weighted by molar-refractivity contribution is 7.81. The van der Waals surface area contributed by atoms with E-state index in [0.717, 1.165) is 11.1 Å². The number of carbonyl (C=O) groups is 1. The highest BCUT2D eigenvalue weighted by Gasteiger charge is 2.28. The van der Waals surface area contributed by atoms with E-state index in [2.05, 4.69) is 12.6 Å². The van der Waals surface area contributed by atoms with Crippen molar-refractivity contribution in [3.8, 4) is 0 Å². The third-order valence-electron chi connectivity index (χ3n) is 2.40. The predicted octanol–water partition coefficient (Wildman–Crippen LogP) is 3.52. The second-order valence-electron chi connectivity index (χ2n) is 5.00. The number of aryl methyl sites for hydroxylation is 1. The smallest absolute Gasteiger partial charge is 0.176 e. The van der Waals surface area contributed by atoms with E-state index < -0.39 is 0 Å². The molecule has 0 aliphatic rings. The summed E-state index contributed by atoms with van der Waals surface area (Å²) in [4.78, 5) is 12.0. The minimum Gasteiger partial charge on any atom is -0.293 e. The van der Waals surface area contributed by atoms with Gasteiger partial charge in [0, 0.05) is 5.56 Å². The maximum atomic E-state index is 12.0. The lowest BCUT2D eigenvalue weighted by Gasteiger charge is -2.25. The van der Waals surface area contributed by atoms with Crippen molar-refractivity contribution in [3.05, 3.63) is 35.4 Å². The average molecular weight is 222 g/mol. The van der Waals surface area contributed by atoms with Crippen LogP contribution in [0.2, 0.25) is 0 Å². The molecule has 0 aromatic heterocycles. The lowest BCUT2D eigenvalue weighted by atomic mass is 9.87. The molecule has 1 rings (SSSR count). The molecule has 0 bridgehead atoms. The van der Waals surface area contributed by atoms with Gasteiger partial charge in [-0.15, -0.1) is 0 Å². The van der Waals surface area contributed by atoms with E-state index in [4.69, 9.17) is 0 Å². The molecule has 2 heteroatoms. The molecule has 1 nitrogen and oxygen atoms in total. The maximum absolute atomic E-state index is 12.0. The number of ketones is 1. The van der Waals surface area contributed by atoms with E-state index in [0.29, 0.717) is 0 Å². The van der Waals surface area contributed by atoms with Crippen LogP contribution in [0.4, 0.5) is 0 Å². The second kappa shape index (κ2) is 4.40. The van der Waals surface area contributed by atoms with Crippen LogP contribution in [0.1, 0.15) is 36.7 Å². The standard InChI is InChI=1S/C13H18OS/c1-9-5-7-10(8-6-9)11(14)12(15)13(2,3)4/h5-8,12,15H,1-4H3. The number of hydrogen-bond acceptors (Lipinski definition) is 2. The normalized spacial score (nSPS) is 13.7. The molecular formula is C13H18OS. The van der Waals surface area contributed by atoms with Crippen LogP contribution in [-0.2, 0) is 0 Å². The summed E-state index contributed by atoms with van der Waals surface area (Å²) in [6.45, 7) is 8.08. The monoisotopic (exact) mass is 222 g/mol. The third-order valence-corrected chi connectivity index (χ3v) is 3.41. The molecule has 1 atom stereocenters. The van der Waals surface area contributed by atoms with Gasteiger partial charge in [0.15, 0.2) is 5.78 Å². The minimum atomic E-state index is -0.250. The molecule has 0 saturated carbocycles. The fraction of sp³-hybridized carbons (Fsp3) is 0.462. The Labute approximate surface area is 97.3 Å². The summed E-state index contributed by atoms with van der Waals surface area (Å²) in [5.74, 6) is 0.103. The highest BCUT2D eigenvalue weighted by atomic mass is 32.1. The summed E-state index contributed by atoms with van der Waals surface area (Å²) in [5, 5.41) is -0.250. The molecule has 0 N–H and O–H groups in total. The molecule has 0 aliphatic heterocycles. The second-order valence-corrected chi connectivity index (χ2v) is 5.52. The van der Waals surface area contributed by atoms with Gasteiger partial charge in [-0.05, 0) is 12.3 Å². The Morgan fingerprint density at radius 2 is 1.67 bits per heavy atom. The van der Waals surface area contributed by atoms with Gasteiger partial charge in [0.05, 0.1) is 5.25 Å². The minimum absolute atomic E-state index is 0.103. The fourth-order valence-electron chi connectivity index (χ4n) is 1.27. The van der Waals surface area contributed by atoms with Gasteiger partial charge in [0.25, 0.3) is 0 Å². The number of carbonyl (C=O) groups excluding carboxylic acids is 1. The Morgan fingerprint density at radius 1 is 1.20 bits per heavy atom. The van der Waals surface area contributed by atoms with Crippen LogP contribution >= 0.6 is 12.6 Å². The molecule has 0 heterocycles. The fourth-order valence-corrected chi connectivity index (χ4v) is 1.42. The number of thiol groups is 1. The van der Waals surface area contributed by atoms with Crippen LogP contribution in [-0.4, -0.2) is 11.0 Å². The zero-order chi connectivity index (χ0) is 11.6. The number of rotatable bonds is 2. The van der Waals surface area contributed by atoms with Crippen molar-refractivity contribution in [1.82, 2.24) is 0 Å². The molecule has 0 saturated heterocycles. The molecule has 0 spiro atoms. The molecule has 0 aliphatic carbocycles. The molecule has 1 unspecified atom stereocenters. The van der Waals surface area contributed by atoms with Gasteiger partial charge in [-0.2, -0.15) is 12.6 Å². The van der Waals surface area contributed by atoms with Gasteiger partial charge >= 0.3 is 0 Å². The molecule has 1 aromatic carbocycles. The summed E-state index contributed by atoms with van der Waals surface area (Å²) >= 11 is 4.39. The lowest BCUT2D eigenvalue weighted by molar-refractivity contribution is 0.0951. The van der Waals surface area contributed by atoms with Gasteiger partial charge in [-0.3, -0.25) is 4.79 Å². The largest absolute Gasteiger partial charge is 0.293 e. The molecule has 0 amide bonds. The van der Waals surface area contributed by atoms with Crippen LogP contribution in [0.5, 0.6) is 0 Å². The van der Waals surface area contributed by atoms with Crippen molar-refractivity contribution < 1.29 is 4.79 Å². The van der Waals surface area contributed by atoms with E-state index in [-0.39, 0.29) is 16.4 Å². The Hall–Kier alpha value is -0.760. The summed E-state index contributed by atoms with van der Waals surface area (Å²) in [5.41, 5.74) is 1.80. The molecule has 1 aromatic rings. The Kier molecular flexibility index (Phi) is 3.61. The summed E-state index contributed by atoms with van der Waals surface area (Å²) in [6, 6.07) is 7.64. The Bertz CT molecular complexity index is 346. The first-order valence-electron chi connectivity index (χ1n) is 5.11. The number of hydrogen-bond donors (Lipinski definition) is 1. The quantitative estimate of drug-likeness (QED) is 0.598. The Morgan fingerprint density at radius 3 is 2.07 bits per heavy atom. The topological polar surface area (TPSA) is 17.1 Å². The predicted molar refractivity (Wildman–Crippen MR) is 67.7 cm³/mol. The maximum Gasteiger partial charge on any atom is 0.176 e. The van der Waals surface area contributed by atoms with Gasteiger partial charge in [0.2, 0.25) is 0 Å². The van der Waals surface area contributed by atoms with Crippen LogP contribution in [0.3, 0.4) is 0 Å². The van der Waals surface area contributed by atoms with Crippen LogP contribution < -0.4 is 0 Å².